The van der Waals surface area contributed by atoms with Crippen LogP contribution in [-0.4, -0.2) is 49.8 Å². The van der Waals surface area contributed by atoms with Gasteiger partial charge < -0.3 is 19.3 Å². The molecule has 0 bridgehead atoms. The molecule has 0 unspecified atom stereocenters. The average molecular weight is 367 g/mol. The van der Waals surface area contributed by atoms with Crippen LogP contribution < -0.4 is 19.3 Å². The lowest BCUT2D eigenvalue weighted by Crippen LogP contribution is -2.42. The van der Waals surface area contributed by atoms with Crippen molar-refractivity contribution in [1.29, 1.82) is 0 Å². The number of rotatable bonds is 5. The maximum absolute atomic E-state index is 12.8. The van der Waals surface area contributed by atoms with E-state index in [1.807, 2.05) is 43.3 Å². The minimum atomic E-state index is -0.175. The van der Waals surface area contributed by atoms with Crippen molar-refractivity contribution >= 4 is 23.3 Å². The van der Waals surface area contributed by atoms with Gasteiger partial charge in [-0.05, 0) is 31.2 Å². The Morgan fingerprint density at radius 2 is 1.85 bits per heavy atom. The second-order valence-corrected chi connectivity index (χ2v) is 6.37. The number of ether oxygens (including phenoxy) is 2. The monoisotopic (exact) mass is 367 g/mol. The Morgan fingerprint density at radius 1 is 1.07 bits per heavy atom. The number of likely N-dealkylation sites (N-methyl/N-ethyl adjacent to an activating group) is 1. The molecular formula is C20H21N3O4. The van der Waals surface area contributed by atoms with Gasteiger partial charge in [0.25, 0.3) is 0 Å². The van der Waals surface area contributed by atoms with Crippen molar-refractivity contribution in [3.8, 4) is 11.5 Å². The van der Waals surface area contributed by atoms with Crippen LogP contribution in [0.25, 0.3) is 0 Å². The molecule has 0 saturated carbocycles. The molecule has 140 valence electrons. The lowest BCUT2D eigenvalue weighted by molar-refractivity contribution is -0.119. The number of anilines is 2. The third-order valence-electron chi connectivity index (χ3n) is 4.77. The molecule has 0 aliphatic carbocycles. The van der Waals surface area contributed by atoms with E-state index < -0.39 is 0 Å². The van der Waals surface area contributed by atoms with Gasteiger partial charge in [-0.25, -0.2) is 4.79 Å². The molecule has 0 N–H and O–H groups in total. The molecular weight excluding hydrogens is 346 g/mol. The average Bonchev–Trinajstić information content (AvgIpc) is 3.29. The van der Waals surface area contributed by atoms with Crippen molar-refractivity contribution in [2.24, 2.45) is 0 Å². The minimum absolute atomic E-state index is 0.0582. The molecule has 7 nitrogen and oxygen atoms in total. The minimum Gasteiger partial charge on any atom is -0.454 e. The van der Waals surface area contributed by atoms with Gasteiger partial charge in [-0.15, -0.1) is 0 Å². The SMILES string of the molecule is CCN(C(=O)CN1CCN(c2ccc3c(c2)OCO3)C1=O)c1ccccc1. The molecule has 27 heavy (non-hydrogen) atoms. The Balaban J connectivity index is 1.45. The molecule has 2 aromatic rings. The highest BCUT2D eigenvalue weighted by atomic mass is 16.7. The summed E-state index contributed by atoms with van der Waals surface area (Å²) in [4.78, 5) is 30.5. The van der Waals surface area contributed by atoms with Gasteiger partial charge >= 0.3 is 6.03 Å². The molecule has 0 spiro atoms. The zero-order chi connectivity index (χ0) is 18.8. The quantitative estimate of drug-likeness (QED) is 0.815. The Kier molecular flexibility index (Phi) is 4.58. The number of fused-ring (bicyclic) bond motifs is 1. The van der Waals surface area contributed by atoms with E-state index in [1.54, 1.807) is 26.8 Å². The molecule has 1 fully saturated rings. The lowest BCUT2D eigenvalue weighted by Gasteiger charge is -2.24. The number of urea groups is 1. The van der Waals surface area contributed by atoms with E-state index in [1.165, 1.54) is 0 Å². The van der Waals surface area contributed by atoms with Crippen molar-refractivity contribution in [1.82, 2.24) is 4.90 Å². The van der Waals surface area contributed by atoms with Gasteiger partial charge in [0.1, 0.15) is 6.54 Å². The topological polar surface area (TPSA) is 62.3 Å². The third kappa shape index (κ3) is 3.28. The predicted octanol–water partition coefficient (Wildman–Crippen LogP) is 2.71. The van der Waals surface area contributed by atoms with Gasteiger partial charge in [0.15, 0.2) is 11.5 Å². The van der Waals surface area contributed by atoms with Crippen LogP contribution in [0.2, 0.25) is 0 Å². The first-order chi connectivity index (χ1) is 13.2. The van der Waals surface area contributed by atoms with Crippen molar-refractivity contribution in [2.75, 3.05) is 42.8 Å². The summed E-state index contributed by atoms with van der Waals surface area (Å²) in [5.74, 6) is 1.22. The summed E-state index contributed by atoms with van der Waals surface area (Å²) in [5.41, 5.74) is 1.58. The summed E-state index contributed by atoms with van der Waals surface area (Å²) in [7, 11) is 0. The second kappa shape index (κ2) is 7.19. The largest absolute Gasteiger partial charge is 0.454 e. The predicted molar refractivity (Wildman–Crippen MR) is 101 cm³/mol. The van der Waals surface area contributed by atoms with Crippen LogP contribution in [0.15, 0.2) is 48.5 Å². The number of hydrogen-bond donors (Lipinski definition) is 0. The molecule has 4 rings (SSSR count). The smallest absolute Gasteiger partial charge is 0.325 e. The Bertz CT molecular complexity index is 856. The van der Waals surface area contributed by atoms with E-state index in [9.17, 15) is 9.59 Å². The molecule has 2 aliphatic rings. The fraction of sp³-hybridized carbons (Fsp3) is 0.300. The first kappa shape index (κ1) is 17.2. The normalized spacial score (nSPS) is 15.4. The molecule has 2 aliphatic heterocycles. The van der Waals surface area contributed by atoms with Gasteiger partial charge in [-0.2, -0.15) is 0 Å². The maximum atomic E-state index is 12.8. The Labute approximate surface area is 157 Å². The van der Waals surface area contributed by atoms with Gasteiger partial charge in [-0.3, -0.25) is 9.69 Å². The first-order valence-electron chi connectivity index (χ1n) is 8.99. The molecule has 2 aromatic carbocycles. The summed E-state index contributed by atoms with van der Waals surface area (Å²) < 4.78 is 10.7. The maximum Gasteiger partial charge on any atom is 0.325 e. The summed E-state index contributed by atoms with van der Waals surface area (Å²) in [5, 5.41) is 0. The van der Waals surface area contributed by atoms with E-state index in [0.29, 0.717) is 31.1 Å². The third-order valence-corrected chi connectivity index (χ3v) is 4.77. The van der Waals surface area contributed by atoms with Gasteiger partial charge in [0, 0.05) is 37.1 Å². The van der Waals surface area contributed by atoms with Crippen molar-refractivity contribution in [2.45, 2.75) is 6.92 Å². The summed E-state index contributed by atoms with van der Waals surface area (Å²) in [6.45, 7) is 3.77. The van der Waals surface area contributed by atoms with Gasteiger partial charge in [0.05, 0.1) is 0 Å². The number of benzene rings is 2. The van der Waals surface area contributed by atoms with E-state index in [-0.39, 0.29) is 25.3 Å². The summed E-state index contributed by atoms with van der Waals surface area (Å²) in [6, 6.07) is 14.8. The molecule has 2 heterocycles. The van der Waals surface area contributed by atoms with E-state index in [0.717, 1.165) is 11.4 Å². The highest BCUT2D eigenvalue weighted by Gasteiger charge is 2.32. The second-order valence-electron chi connectivity index (χ2n) is 6.37. The fourth-order valence-corrected chi connectivity index (χ4v) is 3.38. The van der Waals surface area contributed by atoms with E-state index >= 15 is 0 Å². The van der Waals surface area contributed by atoms with E-state index in [2.05, 4.69) is 0 Å². The number of hydrogen-bond acceptors (Lipinski definition) is 4. The van der Waals surface area contributed by atoms with Gasteiger partial charge in [-0.1, -0.05) is 18.2 Å². The van der Waals surface area contributed by atoms with Crippen molar-refractivity contribution in [3.05, 3.63) is 48.5 Å². The Morgan fingerprint density at radius 3 is 2.63 bits per heavy atom. The number of para-hydroxylation sites is 1. The van der Waals surface area contributed by atoms with Gasteiger partial charge in [0.2, 0.25) is 12.7 Å². The molecule has 3 amide bonds. The van der Waals surface area contributed by atoms with Crippen molar-refractivity contribution < 1.29 is 19.1 Å². The molecule has 0 atom stereocenters. The first-order valence-corrected chi connectivity index (χ1v) is 8.99. The van der Waals surface area contributed by atoms with Crippen LogP contribution in [0.5, 0.6) is 11.5 Å². The molecule has 1 saturated heterocycles. The number of carbonyl (C=O) groups excluding carboxylic acids is 2. The Hall–Kier alpha value is -3.22. The molecule has 0 radical (unpaired) electrons. The van der Waals surface area contributed by atoms with Crippen LogP contribution in [0, 0.1) is 0 Å². The summed E-state index contributed by atoms with van der Waals surface area (Å²) >= 11 is 0. The number of carbonyl (C=O) groups is 2. The molecule has 7 heteroatoms. The van der Waals surface area contributed by atoms with Crippen molar-refractivity contribution in [3.63, 3.8) is 0 Å². The standard InChI is InChI=1S/C20H21N3O4/c1-2-22(15-6-4-3-5-7-15)19(24)13-21-10-11-23(20(21)25)16-8-9-17-18(12-16)27-14-26-17/h3-9,12H,2,10-11,13-14H2,1H3. The van der Waals surface area contributed by atoms with Crippen LogP contribution in [0.4, 0.5) is 16.2 Å². The van der Waals surface area contributed by atoms with Crippen LogP contribution >= 0.6 is 0 Å². The van der Waals surface area contributed by atoms with Crippen LogP contribution in [-0.2, 0) is 4.79 Å². The number of nitrogens with zero attached hydrogens (tertiary/aromatic N) is 3. The molecule has 0 aromatic heterocycles. The highest BCUT2D eigenvalue weighted by molar-refractivity contribution is 6.00. The van der Waals surface area contributed by atoms with E-state index in [4.69, 9.17) is 9.47 Å². The lowest BCUT2D eigenvalue weighted by atomic mass is 10.2. The zero-order valence-corrected chi connectivity index (χ0v) is 15.1. The number of amides is 3. The van der Waals surface area contributed by atoms with Crippen LogP contribution in [0.1, 0.15) is 6.92 Å². The highest BCUT2D eigenvalue weighted by Crippen LogP contribution is 2.36. The van der Waals surface area contributed by atoms with Crippen LogP contribution in [0.3, 0.4) is 0 Å². The zero-order valence-electron chi connectivity index (χ0n) is 15.1. The summed E-state index contributed by atoms with van der Waals surface area (Å²) in [6.07, 6.45) is 0. The fourth-order valence-electron chi connectivity index (χ4n) is 3.38.